The normalized spacial score (nSPS) is 14.2. The van der Waals surface area contributed by atoms with E-state index >= 15 is 0 Å². The molecule has 0 N–H and O–H groups in total. The first-order chi connectivity index (χ1) is 18.8. The van der Waals surface area contributed by atoms with Crippen molar-refractivity contribution in [1.29, 1.82) is 0 Å². The van der Waals surface area contributed by atoms with Crippen LogP contribution in [0.1, 0.15) is 55.0 Å². The molecular formula is C28H23Cl3N4O4. The molecule has 0 unspecified atom stereocenters. The molecule has 0 radical (unpaired) electrons. The zero-order chi connectivity index (χ0) is 27.5. The van der Waals surface area contributed by atoms with Gasteiger partial charge in [0.15, 0.2) is 0 Å². The summed E-state index contributed by atoms with van der Waals surface area (Å²) < 4.78 is 7.20. The first-order valence-corrected chi connectivity index (χ1v) is 13.6. The highest BCUT2D eigenvalue weighted by molar-refractivity contribution is 6.42. The van der Waals surface area contributed by atoms with Crippen LogP contribution in [0.4, 0.5) is 5.69 Å². The van der Waals surface area contributed by atoms with Gasteiger partial charge in [0.1, 0.15) is 12.4 Å². The Labute approximate surface area is 238 Å². The van der Waals surface area contributed by atoms with Gasteiger partial charge in [-0.15, -0.1) is 0 Å². The maximum Gasteiger partial charge on any atom is 0.313 e. The lowest BCUT2D eigenvalue weighted by molar-refractivity contribution is -0.385. The van der Waals surface area contributed by atoms with Gasteiger partial charge in [-0.1, -0.05) is 72.3 Å². The fourth-order valence-electron chi connectivity index (χ4n) is 4.77. The minimum Gasteiger partial charge on any atom is -0.481 e. The molecule has 1 aliphatic rings. The van der Waals surface area contributed by atoms with E-state index < -0.39 is 4.92 Å². The third kappa shape index (κ3) is 5.93. The molecule has 0 spiro atoms. The van der Waals surface area contributed by atoms with Crippen LogP contribution in [0.3, 0.4) is 0 Å². The third-order valence-electron chi connectivity index (χ3n) is 6.69. The monoisotopic (exact) mass is 584 g/mol. The van der Waals surface area contributed by atoms with E-state index in [0.717, 1.165) is 32.1 Å². The summed E-state index contributed by atoms with van der Waals surface area (Å²) in [5, 5.41) is 17.7. The van der Waals surface area contributed by atoms with E-state index in [4.69, 9.17) is 44.5 Å². The Bertz CT molecular complexity index is 1650. The molecule has 1 fully saturated rings. The van der Waals surface area contributed by atoms with Crippen molar-refractivity contribution < 1.29 is 9.66 Å². The van der Waals surface area contributed by atoms with Crippen LogP contribution in [0, 0.1) is 10.1 Å². The molecule has 0 bridgehead atoms. The average Bonchev–Trinajstić information content (AvgIpc) is 2.93. The Morgan fingerprint density at radius 1 is 1.05 bits per heavy atom. The lowest BCUT2D eigenvalue weighted by Crippen LogP contribution is -2.25. The fourth-order valence-corrected chi connectivity index (χ4v) is 5.31. The largest absolute Gasteiger partial charge is 0.481 e. The number of aromatic nitrogens is 2. The number of fused-ring (bicyclic) bond motifs is 1. The zero-order valence-corrected chi connectivity index (χ0v) is 22.9. The quantitative estimate of drug-likeness (QED) is 0.125. The molecule has 200 valence electrons. The van der Waals surface area contributed by atoms with E-state index in [2.05, 4.69) is 5.10 Å². The number of ether oxygens (including phenoxy) is 1. The highest BCUT2D eigenvalue weighted by Crippen LogP contribution is 2.35. The van der Waals surface area contributed by atoms with E-state index in [9.17, 15) is 14.9 Å². The van der Waals surface area contributed by atoms with Crippen LogP contribution >= 0.6 is 34.8 Å². The molecule has 39 heavy (non-hydrogen) atoms. The zero-order valence-electron chi connectivity index (χ0n) is 20.6. The van der Waals surface area contributed by atoms with Crippen LogP contribution in [0.25, 0.3) is 10.9 Å². The minimum atomic E-state index is -0.579. The molecular weight excluding hydrogens is 563 g/mol. The summed E-state index contributed by atoms with van der Waals surface area (Å²) in [4.78, 5) is 29.7. The van der Waals surface area contributed by atoms with Crippen molar-refractivity contribution in [2.75, 3.05) is 0 Å². The second-order valence-corrected chi connectivity index (χ2v) is 10.6. The molecule has 8 nitrogen and oxygen atoms in total. The molecule has 3 aromatic carbocycles. The van der Waals surface area contributed by atoms with E-state index in [-0.39, 0.29) is 40.1 Å². The number of rotatable bonds is 7. The van der Waals surface area contributed by atoms with E-state index in [1.165, 1.54) is 23.0 Å². The second-order valence-electron chi connectivity index (χ2n) is 9.32. The van der Waals surface area contributed by atoms with Crippen LogP contribution < -0.4 is 10.3 Å². The van der Waals surface area contributed by atoms with Gasteiger partial charge in [-0.2, -0.15) is 9.78 Å². The van der Waals surface area contributed by atoms with Crippen molar-refractivity contribution in [3.63, 3.8) is 0 Å². The predicted molar refractivity (Wildman–Crippen MR) is 154 cm³/mol. The lowest BCUT2D eigenvalue weighted by Gasteiger charge is -2.22. The number of benzene rings is 3. The van der Waals surface area contributed by atoms with E-state index in [0.29, 0.717) is 32.3 Å². The summed E-state index contributed by atoms with van der Waals surface area (Å²) in [6.07, 6.45) is 6.40. The van der Waals surface area contributed by atoms with Gasteiger partial charge in [0.2, 0.25) is 5.75 Å². The molecule has 0 aliphatic heterocycles. The molecule has 1 aliphatic carbocycles. The highest BCUT2D eigenvalue weighted by Gasteiger charge is 2.24. The van der Waals surface area contributed by atoms with E-state index in [1.54, 1.807) is 30.3 Å². The van der Waals surface area contributed by atoms with E-state index in [1.807, 2.05) is 12.1 Å². The summed E-state index contributed by atoms with van der Waals surface area (Å²) in [5.74, 6) is 0.608. The van der Waals surface area contributed by atoms with Gasteiger partial charge < -0.3 is 4.74 Å². The minimum absolute atomic E-state index is 0.0228. The van der Waals surface area contributed by atoms with Crippen LogP contribution in [-0.4, -0.2) is 20.8 Å². The van der Waals surface area contributed by atoms with Crippen LogP contribution in [0.2, 0.25) is 15.1 Å². The molecule has 11 heteroatoms. The number of nitro benzene ring substituents is 1. The smallest absolute Gasteiger partial charge is 0.313 e. The molecule has 1 heterocycles. The van der Waals surface area contributed by atoms with Gasteiger partial charge in [-0.3, -0.25) is 14.9 Å². The summed E-state index contributed by atoms with van der Waals surface area (Å²) in [5.41, 5.74) is 0.862. The molecule has 5 rings (SSSR count). The summed E-state index contributed by atoms with van der Waals surface area (Å²) in [7, 11) is 0. The Morgan fingerprint density at radius 2 is 1.82 bits per heavy atom. The van der Waals surface area contributed by atoms with Crippen molar-refractivity contribution in [3.05, 3.63) is 107 Å². The Hall–Kier alpha value is -3.46. The van der Waals surface area contributed by atoms with Gasteiger partial charge >= 0.3 is 5.69 Å². The Balaban J connectivity index is 1.59. The molecule has 0 saturated heterocycles. The number of hydrogen-bond acceptors (Lipinski definition) is 6. The van der Waals surface area contributed by atoms with Crippen LogP contribution in [-0.2, 0) is 6.61 Å². The van der Waals surface area contributed by atoms with Gasteiger partial charge in [-0.25, -0.2) is 4.98 Å². The number of para-hydroxylation sites is 1. The number of nitrogens with zero attached hydrogens (tertiary/aromatic N) is 4. The predicted octanol–water partition coefficient (Wildman–Crippen LogP) is 7.77. The Kier molecular flexibility index (Phi) is 8.16. The van der Waals surface area contributed by atoms with Crippen molar-refractivity contribution >= 4 is 57.6 Å². The summed E-state index contributed by atoms with van der Waals surface area (Å²) >= 11 is 18.3. The van der Waals surface area contributed by atoms with Crippen molar-refractivity contribution in [3.8, 4) is 5.75 Å². The fraction of sp³-hybridized carbons (Fsp3) is 0.250. The molecule has 1 aromatic heterocycles. The second kappa shape index (κ2) is 11.7. The molecule has 0 amide bonds. The van der Waals surface area contributed by atoms with Crippen molar-refractivity contribution in [1.82, 2.24) is 9.66 Å². The van der Waals surface area contributed by atoms with Gasteiger partial charge in [0.05, 0.1) is 32.1 Å². The summed E-state index contributed by atoms with van der Waals surface area (Å²) in [6, 6.07) is 14.8. The maximum absolute atomic E-state index is 13.5. The molecule has 1 saturated carbocycles. The first-order valence-electron chi connectivity index (χ1n) is 12.4. The topological polar surface area (TPSA) is 99.6 Å². The number of hydrogen-bond donors (Lipinski definition) is 0. The first kappa shape index (κ1) is 27.1. The number of halogens is 3. The number of nitro groups is 1. The Morgan fingerprint density at radius 3 is 2.56 bits per heavy atom. The molecule has 4 aromatic rings. The highest BCUT2D eigenvalue weighted by atomic mass is 35.5. The average molecular weight is 586 g/mol. The van der Waals surface area contributed by atoms with Crippen molar-refractivity contribution in [2.45, 2.75) is 44.6 Å². The SMILES string of the molecule is O=c1c2ccccc2nc(C2CCCCC2)n1N=Cc1cc(Cl)cc([N+](=O)[O-])c1OCc1ccc(Cl)c(Cl)c1. The molecule has 0 atom stereocenters. The van der Waals surface area contributed by atoms with Gasteiger partial charge in [0, 0.05) is 22.6 Å². The lowest BCUT2D eigenvalue weighted by atomic mass is 9.88. The standard InChI is InChI=1S/C28H23Cl3N4O4/c29-20-13-19(26(25(14-20)35(37)38)39-16-17-10-11-22(30)23(31)12-17)15-32-34-27(18-6-2-1-3-7-18)33-24-9-5-4-8-21(24)28(34)36/h4-5,8-15,18H,1-3,6-7,16H2. The van der Waals surface area contributed by atoms with Crippen molar-refractivity contribution in [2.24, 2.45) is 5.10 Å². The van der Waals surface area contributed by atoms with Gasteiger partial charge in [0.25, 0.3) is 5.56 Å². The van der Waals surface area contributed by atoms with Crippen LogP contribution in [0.15, 0.2) is 64.5 Å². The third-order valence-corrected chi connectivity index (χ3v) is 7.65. The summed E-state index contributed by atoms with van der Waals surface area (Å²) in [6.45, 7) is -0.0228. The van der Waals surface area contributed by atoms with Crippen LogP contribution in [0.5, 0.6) is 5.75 Å². The maximum atomic E-state index is 13.5. The van der Waals surface area contributed by atoms with Gasteiger partial charge in [-0.05, 0) is 48.7 Å².